The normalized spacial score (nSPS) is 10.1. The number of methoxy groups -OCH3 is 1. The second kappa shape index (κ2) is 8.95. The van der Waals surface area contributed by atoms with Crippen molar-refractivity contribution in [3.05, 3.63) is 52.2 Å². The molecule has 0 saturated carbocycles. The van der Waals surface area contributed by atoms with Gasteiger partial charge in [-0.2, -0.15) is 0 Å². The molecule has 1 aromatic heterocycles. The van der Waals surface area contributed by atoms with Crippen molar-refractivity contribution in [2.45, 2.75) is 19.4 Å². The monoisotopic (exact) mass is 333 g/mol. The van der Waals surface area contributed by atoms with Crippen molar-refractivity contribution >= 4 is 23.2 Å². The van der Waals surface area contributed by atoms with Gasteiger partial charge in [-0.05, 0) is 36.1 Å². The highest BCUT2D eigenvalue weighted by atomic mass is 32.1. The van der Waals surface area contributed by atoms with E-state index in [-0.39, 0.29) is 11.9 Å². The second-order valence-corrected chi connectivity index (χ2v) is 5.86. The summed E-state index contributed by atoms with van der Waals surface area (Å²) < 4.78 is 10.2. The topological polar surface area (TPSA) is 64.6 Å². The van der Waals surface area contributed by atoms with Crippen LogP contribution in [0.2, 0.25) is 0 Å². The number of rotatable bonds is 8. The first kappa shape index (κ1) is 17.0. The smallest absolute Gasteiger partial charge is 0.305 e. The summed E-state index contributed by atoms with van der Waals surface area (Å²) in [5.74, 6) is 0.195. The SMILES string of the molecule is COC(=O)CCCNC(=O)c1cccc(OCc2cccs2)c1. The van der Waals surface area contributed by atoms with Gasteiger partial charge in [0, 0.05) is 23.4 Å². The Morgan fingerprint density at radius 1 is 1.22 bits per heavy atom. The van der Waals surface area contributed by atoms with Gasteiger partial charge in [0.1, 0.15) is 12.4 Å². The molecule has 1 amide bonds. The van der Waals surface area contributed by atoms with E-state index in [9.17, 15) is 9.59 Å². The van der Waals surface area contributed by atoms with E-state index in [0.717, 1.165) is 4.88 Å². The van der Waals surface area contributed by atoms with Gasteiger partial charge in [-0.3, -0.25) is 9.59 Å². The Kier molecular flexibility index (Phi) is 6.62. The molecule has 0 atom stereocenters. The fourth-order valence-corrected chi connectivity index (χ4v) is 2.53. The first-order chi connectivity index (χ1) is 11.2. The average Bonchev–Trinajstić information content (AvgIpc) is 3.10. The third kappa shape index (κ3) is 5.75. The van der Waals surface area contributed by atoms with Crippen LogP contribution < -0.4 is 10.1 Å². The first-order valence-electron chi connectivity index (χ1n) is 7.29. The van der Waals surface area contributed by atoms with Gasteiger partial charge in [0.15, 0.2) is 0 Å². The third-order valence-corrected chi connectivity index (χ3v) is 3.98. The highest BCUT2D eigenvalue weighted by molar-refractivity contribution is 7.09. The summed E-state index contributed by atoms with van der Waals surface area (Å²) in [5.41, 5.74) is 0.534. The molecule has 2 rings (SSSR count). The molecule has 0 unspecified atom stereocenters. The van der Waals surface area contributed by atoms with Crippen LogP contribution in [0, 0.1) is 0 Å². The molecule has 2 aromatic rings. The van der Waals surface area contributed by atoms with E-state index in [0.29, 0.717) is 37.3 Å². The first-order valence-corrected chi connectivity index (χ1v) is 8.17. The number of esters is 1. The van der Waals surface area contributed by atoms with Crippen LogP contribution in [0.15, 0.2) is 41.8 Å². The Labute approximate surface area is 139 Å². The zero-order valence-electron chi connectivity index (χ0n) is 12.9. The van der Waals surface area contributed by atoms with Crippen molar-refractivity contribution in [1.29, 1.82) is 0 Å². The lowest BCUT2D eigenvalue weighted by atomic mass is 10.2. The summed E-state index contributed by atoms with van der Waals surface area (Å²) >= 11 is 1.63. The molecule has 122 valence electrons. The summed E-state index contributed by atoms with van der Waals surface area (Å²) in [7, 11) is 1.35. The number of amides is 1. The summed E-state index contributed by atoms with van der Waals surface area (Å²) in [6.07, 6.45) is 0.841. The van der Waals surface area contributed by atoms with Crippen LogP contribution in [0.3, 0.4) is 0 Å². The molecular weight excluding hydrogens is 314 g/mol. The Balaban J connectivity index is 1.81. The van der Waals surface area contributed by atoms with Gasteiger partial charge in [0.2, 0.25) is 0 Å². The minimum Gasteiger partial charge on any atom is -0.488 e. The van der Waals surface area contributed by atoms with Crippen LogP contribution in [-0.2, 0) is 16.1 Å². The van der Waals surface area contributed by atoms with Crippen LogP contribution in [0.5, 0.6) is 5.75 Å². The molecule has 0 bridgehead atoms. The zero-order chi connectivity index (χ0) is 16.5. The van der Waals surface area contributed by atoms with E-state index < -0.39 is 0 Å². The van der Waals surface area contributed by atoms with E-state index in [2.05, 4.69) is 10.1 Å². The number of hydrogen-bond acceptors (Lipinski definition) is 5. The molecule has 6 heteroatoms. The number of benzene rings is 1. The fraction of sp³-hybridized carbons (Fsp3) is 0.294. The van der Waals surface area contributed by atoms with Gasteiger partial charge < -0.3 is 14.8 Å². The molecule has 0 radical (unpaired) electrons. The maximum Gasteiger partial charge on any atom is 0.305 e. The molecule has 0 spiro atoms. The van der Waals surface area contributed by atoms with Gasteiger partial charge in [-0.15, -0.1) is 11.3 Å². The molecule has 1 aromatic carbocycles. The summed E-state index contributed by atoms with van der Waals surface area (Å²) in [4.78, 5) is 24.2. The molecule has 0 aliphatic rings. The van der Waals surface area contributed by atoms with Crippen LogP contribution in [0.4, 0.5) is 0 Å². The largest absolute Gasteiger partial charge is 0.488 e. The predicted octanol–water partition coefficient (Wildman–Crippen LogP) is 3.01. The lowest BCUT2D eigenvalue weighted by Crippen LogP contribution is -2.25. The van der Waals surface area contributed by atoms with E-state index in [1.165, 1.54) is 7.11 Å². The number of thiophene rings is 1. The Hall–Kier alpha value is -2.34. The van der Waals surface area contributed by atoms with E-state index in [4.69, 9.17) is 4.74 Å². The van der Waals surface area contributed by atoms with Crippen molar-refractivity contribution in [3.8, 4) is 5.75 Å². The number of hydrogen-bond donors (Lipinski definition) is 1. The van der Waals surface area contributed by atoms with Gasteiger partial charge in [0.05, 0.1) is 7.11 Å². The van der Waals surface area contributed by atoms with E-state index in [1.807, 2.05) is 23.6 Å². The molecule has 23 heavy (non-hydrogen) atoms. The fourth-order valence-electron chi connectivity index (χ4n) is 1.92. The van der Waals surface area contributed by atoms with Crippen molar-refractivity contribution < 1.29 is 19.1 Å². The predicted molar refractivity (Wildman–Crippen MR) is 88.7 cm³/mol. The summed E-state index contributed by atoms with van der Waals surface area (Å²) in [6, 6.07) is 11.0. The minimum absolute atomic E-state index is 0.184. The number of carbonyl (C=O) groups excluding carboxylic acids is 2. The Bertz CT molecular complexity index is 640. The van der Waals surface area contributed by atoms with Crippen molar-refractivity contribution in [2.75, 3.05) is 13.7 Å². The second-order valence-electron chi connectivity index (χ2n) is 4.83. The summed E-state index contributed by atoms with van der Waals surface area (Å²) in [5, 5.41) is 4.77. The van der Waals surface area contributed by atoms with Gasteiger partial charge in [0.25, 0.3) is 5.91 Å². The molecular formula is C17H19NO4S. The highest BCUT2D eigenvalue weighted by Gasteiger charge is 2.07. The van der Waals surface area contributed by atoms with Crippen LogP contribution in [-0.4, -0.2) is 25.5 Å². The van der Waals surface area contributed by atoms with Gasteiger partial charge in [-0.1, -0.05) is 12.1 Å². The van der Waals surface area contributed by atoms with Crippen LogP contribution in [0.25, 0.3) is 0 Å². The number of nitrogens with one attached hydrogen (secondary N) is 1. The lowest BCUT2D eigenvalue weighted by Gasteiger charge is -2.08. The van der Waals surface area contributed by atoms with Crippen LogP contribution >= 0.6 is 11.3 Å². The molecule has 0 aliphatic carbocycles. The maximum absolute atomic E-state index is 12.1. The zero-order valence-corrected chi connectivity index (χ0v) is 13.7. The molecule has 1 N–H and O–H groups in total. The molecule has 0 saturated heterocycles. The minimum atomic E-state index is -0.275. The third-order valence-electron chi connectivity index (χ3n) is 3.13. The molecule has 5 nitrogen and oxygen atoms in total. The summed E-state index contributed by atoms with van der Waals surface area (Å²) in [6.45, 7) is 0.913. The molecule has 1 heterocycles. The lowest BCUT2D eigenvalue weighted by molar-refractivity contribution is -0.140. The molecule has 0 aliphatic heterocycles. The van der Waals surface area contributed by atoms with E-state index in [1.54, 1.807) is 29.5 Å². The van der Waals surface area contributed by atoms with Crippen molar-refractivity contribution in [1.82, 2.24) is 5.32 Å². The number of carbonyl (C=O) groups is 2. The quantitative estimate of drug-likeness (QED) is 0.596. The number of ether oxygens (including phenoxy) is 2. The van der Waals surface area contributed by atoms with Gasteiger partial charge in [-0.25, -0.2) is 0 Å². The Morgan fingerprint density at radius 3 is 2.83 bits per heavy atom. The van der Waals surface area contributed by atoms with Crippen molar-refractivity contribution in [2.24, 2.45) is 0 Å². The standard InChI is InChI=1S/C17H19NO4S/c1-21-16(19)8-3-9-18-17(20)13-5-2-6-14(11-13)22-12-15-7-4-10-23-15/h2,4-7,10-11H,3,8-9,12H2,1H3,(H,18,20). The average molecular weight is 333 g/mol. The maximum atomic E-state index is 12.1. The van der Waals surface area contributed by atoms with Crippen molar-refractivity contribution in [3.63, 3.8) is 0 Å². The highest BCUT2D eigenvalue weighted by Crippen LogP contribution is 2.17. The Morgan fingerprint density at radius 2 is 2.09 bits per heavy atom. The molecule has 0 fully saturated rings. The van der Waals surface area contributed by atoms with E-state index >= 15 is 0 Å². The van der Waals surface area contributed by atoms with Crippen LogP contribution in [0.1, 0.15) is 28.1 Å². The van der Waals surface area contributed by atoms with Gasteiger partial charge >= 0.3 is 5.97 Å².